The van der Waals surface area contributed by atoms with E-state index in [0.29, 0.717) is 17.8 Å². The number of aryl methyl sites for hydroxylation is 1. The Balaban J connectivity index is 2.31. The van der Waals surface area contributed by atoms with Crippen LogP contribution in [0.2, 0.25) is 0 Å². The lowest BCUT2D eigenvalue weighted by atomic mass is 10.1. The molecule has 2 aromatic rings. The third-order valence-corrected chi connectivity index (χ3v) is 3.35. The van der Waals surface area contributed by atoms with E-state index in [-0.39, 0.29) is 5.82 Å². The zero-order valence-electron chi connectivity index (χ0n) is 12.1. The van der Waals surface area contributed by atoms with Gasteiger partial charge in [-0.3, -0.25) is 0 Å². The van der Waals surface area contributed by atoms with Crippen LogP contribution in [0.25, 0.3) is 0 Å². The van der Waals surface area contributed by atoms with Crippen molar-refractivity contribution in [2.24, 2.45) is 0 Å². The molecule has 2 rings (SSSR count). The number of hydrogen-bond donors (Lipinski definition) is 1. The minimum atomic E-state index is -0.694. The number of nitrogens with zero attached hydrogens (tertiary/aromatic N) is 1. The molecular weight excluding hydrogens is 253 g/mol. The van der Waals surface area contributed by atoms with Crippen LogP contribution < -0.4 is 4.90 Å². The van der Waals surface area contributed by atoms with Crippen LogP contribution >= 0.6 is 0 Å². The summed E-state index contributed by atoms with van der Waals surface area (Å²) in [5.41, 5.74) is 3.37. The Kier molecular flexibility index (Phi) is 4.40. The number of para-hydroxylation sites is 1. The van der Waals surface area contributed by atoms with Crippen molar-refractivity contribution in [2.45, 2.75) is 26.5 Å². The maximum absolute atomic E-state index is 14.1. The average Bonchev–Trinajstić information content (AvgIpc) is 2.38. The fourth-order valence-corrected chi connectivity index (χ4v) is 2.44. The summed E-state index contributed by atoms with van der Waals surface area (Å²) in [6.45, 7) is 4.29. The molecule has 1 atom stereocenters. The van der Waals surface area contributed by atoms with E-state index in [1.54, 1.807) is 19.1 Å². The Bertz CT molecular complexity index is 595. The second-order valence-corrected chi connectivity index (χ2v) is 5.20. The molecule has 0 heterocycles. The van der Waals surface area contributed by atoms with Gasteiger partial charge in [-0.1, -0.05) is 42.0 Å². The van der Waals surface area contributed by atoms with Gasteiger partial charge in [-0.25, -0.2) is 4.39 Å². The predicted molar refractivity (Wildman–Crippen MR) is 80.3 cm³/mol. The first-order chi connectivity index (χ1) is 9.49. The molecule has 2 aromatic carbocycles. The number of rotatable bonds is 4. The third-order valence-electron chi connectivity index (χ3n) is 3.35. The van der Waals surface area contributed by atoms with Crippen molar-refractivity contribution in [3.05, 3.63) is 65.0 Å². The first-order valence-electron chi connectivity index (χ1n) is 6.72. The second-order valence-electron chi connectivity index (χ2n) is 5.20. The van der Waals surface area contributed by atoms with Gasteiger partial charge in [0.2, 0.25) is 0 Å². The smallest absolute Gasteiger partial charge is 0.146 e. The average molecular weight is 273 g/mol. The van der Waals surface area contributed by atoms with Gasteiger partial charge in [-0.05, 0) is 25.5 Å². The van der Waals surface area contributed by atoms with Gasteiger partial charge in [-0.15, -0.1) is 0 Å². The number of aliphatic hydroxyl groups excluding tert-OH is 1. The molecule has 3 heteroatoms. The quantitative estimate of drug-likeness (QED) is 0.915. The summed E-state index contributed by atoms with van der Waals surface area (Å²) >= 11 is 0. The molecule has 20 heavy (non-hydrogen) atoms. The maximum atomic E-state index is 14.1. The topological polar surface area (TPSA) is 23.5 Å². The molecule has 1 N–H and O–H groups in total. The monoisotopic (exact) mass is 273 g/mol. The second kappa shape index (κ2) is 6.06. The number of aliphatic hydroxyl groups is 1. The summed E-state index contributed by atoms with van der Waals surface area (Å²) < 4.78 is 14.1. The molecule has 0 fully saturated rings. The van der Waals surface area contributed by atoms with Gasteiger partial charge < -0.3 is 10.0 Å². The van der Waals surface area contributed by atoms with Gasteiger partial charge in [0, 0.05) is 19.2 Å². The van der Waals surface area contributed by atoms with E-state index < -0.39 is 6.10 Å². The first kappa shape index (κ1) is 14.5. The zero-order chi connectivity index (χ0) is 14.7. The van der Waals surface area contributed by atoms with Crippen molar-refractivity contribution in [1.82, 2.24) is 0 Å². The molecule has 0 amide bonds. The Morgan fingerprint density at radius 2 is 1.90 bits per heavy atom. The zero-order valence-corrected chi connectivity index (χ0v) is 12.1. The normalized spacial score (nSPS) is 12.2. The summed E-state index contributed by atoms with van der Waals surface area (Å²) in [6, 6.07) is 12.9. The van der Waals surface area contributed by atoms with Crippen LogP contribution in [0.1, 0.15) is 29.7 Å². The fourth-order valence-electron chi connectivity index (χ4n) is 2.44. The molecule has 0 radical (unpaired) electrons. The molecule has 0 aliphatic heterocycles. The molecule has 0 aromatic heterocycles. The molecule has 0 aliphatic rings. The van der Waals surface area contributed by atoms with Crippen LogP contribution in [0, 0.1) is 12.7 Å². The first-order valence-corrected chi connectivity index (χ1v) is 6.72. The highest BCUT2D eigenvalue weighted by Crippen LogP contribution is 2.29. The number of halogens is 1. The Labute approximate surface area is 119 Å². The largest absolute Gasteiger partial charge is 0.389 e. The number of benzene rings is 2. The van der Waals surface area contributed by atoms with Crippen LogP contribution in [0.3, 0.4) is 0 Å². The highest BCUT2D eigenvalue weighted by Gasteiger charge is 2.16. The van der Waals surface area contributed by atoms with E-state index in [0.717, 1.165) is 5.56 Å². The molecule has 1 unspecified atom stereocenters. The van der Waals surface area contributed by atoms with Gasteiger partial charge in [0.15, 0.2) is 0 Å². The lowest BCUT2D eigenvalue weighted by Gasteiger charge is -2.24. The Morgan fingerprint density at radius 1 is 1.20 bits per heavy atom. The lowest BCUT2D eigenvalue weighted by Crippen LogP contribution is -2.20. The van der Waals surface area contributed by atoms with Crippen molar-refractivity contribution >= 4 is 5.69 Å². The Morgan fingerprint density at radius 3 is 2.55 bits per heavy atom. The van der Waals surface area contributed by atoms with E-state index in [1.165, 1.54) is 11.6 Å². The summed E-state index contributed by atoms with van der Waals surface area (Å²) in [7, 11) is 1.84. The standard InChI is InChI=1S/C17H20FNO/c1-12-6-4-7-14(10-12)11-19(3)17-15(13(2)20)8-5-9-16(17)18/h4-10,13,20H,11H2,1-3H3. The van der Waals surface area contributed by atoms with Crippen LogP contribution in [0.5, 0.6) is 0 Å². The minimum absolute atomic E-state index is 0.307. The Hall–Kier alpha value is -1.87. The minimum Gasteiger partial charge on any atom is -0.389 e. The summed E-state index contributed by atoms with van der Waals surface area (Å²) in [5, 5.41) is 9.79. The molecular formula is C17H20FNO. The van der Waals surface area contributed by atoms with E-state index >= 15 is 0 Å². The molecule has 0 spiro atoms. The van der Waals surface area contributed by atoms with Crippen molar-refractivity contribution in [3.8, 4) is 0 Å². The summed E-state index contributed by atoms with van der Waals surface area (Å²) in [6.07, 6.45) is -0.694. The van der Waals surface area contributed by atoms with Crippen molar-refractivity contribution in [1.29, 1.82) is 0 Å². The van der Waals surface area contributed by atoms with E-state index in [1.807, 2.05) is 37.1 Å². The molecule has 106 valence electrons. The third kappa shape index (κ3) is 3.17. The predicted octanol–water partition coefficient (Wildman–Crippen LogP) is 3.82. The highest BCUT2D eigenvalue weighted by atomic mass is 19.1. The van der Waals surface area contributed by atoms with Crippen LogP contribution in [-0.4, -0.2) is 12.2 Å². The SMILES string of the molecule is Cc1cccc(CN(C)c2c(F)cccc2C(C)O)c1. The summed E-state index contributed by atoms with van der Waals surface area (Å²) in [4.78, 5) is 1.84. The van der Waals surface area contributed by atoms with Crippen LogP contribution in [0.15, 0.2) is 42.5 Å². The molecule has 0 saturated carbocycles. The van der Waals surface area contributed by atoms with Gasteiger partial charge in [0.25, 0.3) is 0 Å². The number of hydrogen-bond acceptors (Lipinski definition) is 2. The molecule has 0 bridgehead atoms. The number of anilines is 1. The van der Waals surface area contributed by atoms with Gasteiger partial charge in [-0.2, -0.15) is 0 Å². The van der Waals surface area contributed by atoms with Gasteiger partial charge in [0.1, 0.15) is 5.82 Å². The van der Waals surface area contributed by atoms with Crippen molar-refractivity contribution < 1.29 is 9.50 Å². The summed E-state index contributed by atoms with van der Waals surface area (Å²) in [5.74, 6) is -0.307. The van der Waals surface area contributed by atoms with Crippen molar-refractivity contribution in [3.63, 3.8) is 0 Å². The highest BCUT2D eigenvalue weighted by molar-refractivity contribution is 5.55. The van der Waals surface area contributed by atoms with E-state index in [4.69, 9.17) is 0 Å². The molecule has 2 nitrogen and oxygen atoms in total. The fraction of sp³-hybridized carbons (Fsp3) is 0.294. The van der Waals surface area contributed by atoms with Gasteiger partial charge >= 0.3 is 0 Å². The van der Waals surface area contributed by atoms with Crippen molar-refractivity contribution in [2.75, 3.05) is 11.9 Å². The van der Waals surface area contributed by atoms with Crippen LogP contribution in [0.4, 0.5) is 10.1 Å². The van der Waals surface area contributed by atoms with E-state index in [2.05, 4.69) is 6.07 Å². The molecule has 0 saturated heterocycles. The van der Waals surface area contributed by atoms with E-state index in [9.17, 15) is 9.50 Å². The maximum Gasteiger partial charge on any atom is 0.146 e. The molecule has 0 aliphatic carbocycles. The van der Waals surface area contributed by atoms with Crippen LogP contribution in [-0.2, 0) is 6.54 Å². The lowest BCUT2D eigenvalue weighted by molar-refractivity contribution is 0.199. The van der Waals surface area contributed by atoms with Gasteiger partial charge in [0.05, 0.1) is 11.8 Å².